The zero-order valence-electron chi connectivity index (χ0n) is 10.0. The van der Waals surface area contributed by atoms with Gasteiger partial charge in [0.1, 0.15) is 6.04 Å². The summed E-state index contributed by atoms with van der Waals surface area (Å²) in [5, 5.41) is 8.71. The highest BCUT2D eigenvalue weighted by atomic mass is 32.2. The van der Waals surface area contributed by atoms with Gasteiger partial charge in [-0.25, -0.2) is 0 Å². The highest BCUT2D eigenvalue weighted by Crippen LogP contribution is 2.30. The van der Waals surface area contributed by atoms with E-state index in [1.807, 2.05) is 38.1 Å². The third kappa shape index (κ3) is 4.03. The normalized spacial score (nSPS) is 16.2. The largest absolute Gasteiger partial charge is 0.480 e. The first-order valence-corrected chi connectivity index (χ1v) is 6.30. The molecule has 0 amide bonds. The minimum Gasteiger partial charge on any atom is -0.480 e. The van der Waals surface area contributed by atoms with Crippen molar-refractivity contribution in [2.24, 2.45) is 11.5 Å². The van der Waals surface area contributed by atoms with Crippen LogP contribution < -0.4 is 11.5 Å². The summed E-state index contributed by atoms with van der Waals surface area (Å²) in [6.07, 6.45) is 0. The Morgan fingerprint density at radius 3 is 2.47 bits per heavy atom. The van der Waals surface area contributed by atoms with E-state index in [9.17, 15) is 4.79 Å². The number of hydrogen-bond donors (Lipinski definition) is 3. The standard InChI is InChI=1S/C12H18N2O2S/c1-8-3-5-9(6-4-8)12(2,14)17-7-10(13)11(15)16/h3-6,10H,7,13-14H2,1-2H3,(H,15,16)/t10-,12?/m0/s1. The topological polar surface area (TPSA) is 89.3 Å². The van der Waals surface area contributed by atoms with E-state index in [1.54, 1.807) is 0 Å². The molecule has 2 atom stereocenters. The molecule has 1 aromatic rings. The average molecular weight is 254 g/mol. The van der Waals surface area contributed by atoms with E-state index in [1.165, 1.54) is 11.8 Å². The number of thioether (sulfide) groups is 1. The molecule has 0 fully saturated rings. The van der Waals surface area contributed by atoms with E-state index in [0.717, 1.165) is 11.1 Å². The maximum Gasteiger partial charge on any atom is 0.321 e. The molecule has 4 nitrogen and oxygen atoms in total. The van der Waals surface area contributed by atoms with E-state index in [-0.39, 0.29) is 5.75 Å². The zero-order chi connectivity index (χ0) is 13.1. The Labute approximate surface area is 105 Å². The van der Waals surface area contributed by atoms with Crippen LogP contribution in [0, 0.1) is 6.92 Å². The molecule has 0 aromatic heterocycles. The number of carbonyl (C=O) groups is 1. The molecular formula is C12H18N2O2S. The molecule has 94 valence electrons. The van der Waals surface area contributed by atoms with Crippen LogP contribution in [-0.4, -0.2) is 22.9 Å². The predicted octanol–water partition coefficient (Wildman–Crippen LogP) is 1.27. The molecule has 0 aliphatic carbocycles. The van der Waals surface area contributed by atoms with Crippen molar-refractivity contribution in [3.8, 4) is 0 Å². The molecule has 1 aromatic carbocycles. The Kier molecular flexibility index (Phi) is 4.56. The van der Waals surface area contributed by atoms with Gasteiger partial charge in [-0.1, -0.05) is 29.8 Å². The summed E-state index contributed by atoms with van der Waals surface area (Å²) in [4.78, 5) is 9.99. The van der Waals surface area contributed by atoms with Crippen LogP contribution in [0.5, 0.6) is 0 Å². The number of aryl methyl sites for hydroxylation is 1. The smallest absolute Gasteiger partial charge is 0.321 e. The van der Waals surface area contributed by atoms with Gasteiger partial charge >= 0.3 is 5.97 Å². The van der Waals surface area contributed by atoms with Gasteiger partial charge < -0.3 is 16.6 Å². The van der Waals surface area contributed by atoms with Crippen LogP contribution in [0.4, 0.5) is 0 Å². The highest BCUT2D eigenvalue weighted by Gasteiger charge is 2.24. The second-order valence-electron chi connectivity index (χ2n) is 4.23. The van der Waals surface area contributed by atoms with Crippen molar-refractivity contribution in [3.05, 3.63) is 35.4 Å². The van der Waals surface area contributed by atoms with Crippen molar-refractivity contribution < 1.29 is 9.90 Å². The molecule has 17 heavy (non-hydrogen) atoms. The molecule has 5 heteroatoms. The van der Waals surface area contributed by atoms with Crippen LogP contribution >= 0.6 is 11.8 Å². The molecule has 0 bridgehead atoms. The Hall–Kier alpha value is -1.04. The van der Waals surface area contributed by atoms with Crippen LogP contribution in [0.2, 0.25) is 0 Å². The summed E-state index contributed by atoms with van der Waals surface area (Å²) in [5.41, 5.74) is 13.7. The van der Waals surface area contributed by atoms with Gasteiger partial charge in [-0.15, -0.1) is 11.8 Å². The lowest BCUT2D eigenvalue weighted by Gasteiger charge is -2.25. The van der Waals surface area contributed by atoms with Gasteiger partial charge in [-0.3, -0.25) is 4.79 Å². The lowest BCUT2D eigenvalue weighted by atomic mass is 10.1. The minimum atomic E-state index is -1.00. The van der Waals surface area contributed by atoms with Crippen molar-refractivity contribution in [2.45, 2.75) is 24.8 Å². The zero-order valence-corrected chi connectivity index (χ0v) is 10.8. The Morgan fingerprint density at radius 1 is 1.47 bits per heavy atom. The highest BCUT2D eigenvalue weighted by molar-refractivity contribution is 8.00. The van der Waals surface area contributed by atoms with Gasteiger partial charge in [0.15, 0.2) is 0 Å². The van der Waals surface area contributed by atoms with E-state index < -0.39 is 16.9 Å². The first kappa shape index (κ1) is 14.0. The summed E-state index contributed by atoms with van der Waals surface area (Å²) in [5.74, 6) is -0.715. The maximum atomic E-state index is 10.6. The first-order chi connectivity index (χ1) is 7.83. The van der Waals surface area contributed by atoms with Crippen LogP contribution in [0.1, 0.15) is 18.1 Å². The quantitative estimate of drug-likeness (QED) is 0.689. The van der Waals surface area contributed by atoms with Gasteiger partial charge in [-0.05, 0) is 19.4 Å². The number of carboxylic acids is 1. The lowest BCUT2D eigenvalue weighted by molar-refractivity contribution is -0.137. The van der Waals surface area contributed by atoms with Crippen molar-refractivity contribution in [3.63, 3.8) is 0 Å². The molecule has 1 unspecified atom stereocenters. The average Bonchev–Trinajstić information content (AvgIpc) is 2.26. The first-order valence-electron chi connectivity index (χ1n) is 5.31. The van der Waals surface area contributed by atoms with E-state index in [4.69, 9.17) is 16.6 Å². The van der Waals surface area contributed by atoms with E-state index >= 15 is 0 Å². The van der Waals surface area contributed by atoms with Crippen molar-refractivity contribution in [1.82, 2.24) is 0 Å². The third-order valence-corrected chi connectivity index (χ3v) is 3.87. The molecule has 0 saturated heterocycles. The Morgan fingerprint density at radius 2 is 2.00 bits per heavy atom. The fraction of sp³-hybridized carbons (Fsp3) is 0.417. The van der Waals surface area contributed by atoms with Gasteiger partial charge in [0.05, 0.1) is 4.87 Å². The second-order valence-corrected chi connectivity index (χ2v) is 5.70. The maximum absolute atomic E-state index is 10.6. The summed E-state index contributed by atoms with van der Waals surface area (Å²) >= 11 is 1.35. The summed E-state index contributed by atoms with van der Waals surface area (Å²) < 4.78 is 0. The molecule has 0 spiro atoms. The summed E-state index contributed by atoms with van der Waals surface area (Å²) in [6.45, 7) is 3.86. The monoisotopic (exact) mass is 254 g/mol. The predicted molar refractivity (Wildman–Crippen MR) is 70.8 cm³/mol. The Bertz CT molecular complexity index is 390. The number of benzene rings is 1. The van der Waals surface area contributed by atoms with E-state index in [0.29, 0.717) is 0 Å². The lowest BCUT2D eigenvalue weighted by Crippen LogP contribution is -2.37. The molecule has 0 saturated carbocycles. The second kappa shape index (κ2) is 5.53. The molecule has 0 heterocycles. The van der Waals surface area contributed by atoms with Crippen molar-refractivity contribution in [2.75, 3.05) is 5.75 Å². The van der Waals surface area contributed by atoms with Gasteiger partial charge in [0.25, 0.3) is 0 Å². The van der Waals surface area contributed by atoms with Crippen LogP contribution in [0.25, 0.3) is 0 Å². The van der Waals surface area contributed by atoms with Crippen LogP contribution in [-0.2, 0) is 9.67 Å². The Balaban J connectivity index is 2.68. The number of carboxylic acid groups (broad SMARTS) is 1. The molecule has 0 radical (unpaired) electrons. The number of aliphatic carboxylic acids is 1. The molecule has 1 rings (SSSR count). The summed E-state index contributed by atoms with van der Waals surface area (Å²) in [6, 6.07) is 6.99. The SMILES string of the molecule is Cc1ccc(C(C)(N)SC[C@H](N)C(=O)O)cc1. The molecular weight excluding hydrogens is 236 g/mol. The van der Waals surface area contributed by atoms with Gasteiger partial charge in [-0.2, -0.15) is 0 Å². The van der Waals surface area contributed by atoms with E-state index in [2.05, 4.69) is 0 Å². The fourth-order valence-corrected chi connectivity index (χ4v) is 2.27. The fourth-order valence-electron chi connectivity index (χ4n) is 1.30. The van der Waals surface area contributed by atoms with Crippen molar-refractivity contribution >= 4 is 17.7 Å². The number of nitrogens with two attached hydrogens (primary N) is 2. The van der Waals surface area contributed by atoms with Crippen LogP contribution in [0.15, 0.2) is 24.3 Å². The minimum absolute atomic E-state index is 0.288. The molecule has 0 aliphatic rings. The van der Waals surface area contributed by atoms with Crippen molar-refractivity contribution in [1.29, 1.82) is 0 Å². The van der Waals surface area contributed by atoms with Crippen LogP contribution in [0.3, 0.4) is 0 Å². The number of rotatable bonds is 5. The van der Waals surface area contributed by atoms with Gasteiger partial charge in [0.2, 0.25) is 0 Å². The number of hydrogen-bond acceptors (Lipinski definition) is 4. The molecule has 0 aliphatic heterocycles. The third-order valence-electron chi connectivity index (χ3n) is 2.50. The van der Waals surface area contributed by atoms with Gasteiger partial charge in [0, 0.05) is 5.75 Å². The summed E-state index contributed by atoms with van der Waals surface area (Å²) in [7, 11) is 0. The molecule has 5 N–H and O–H groups in total.